The summed E-state index contributed by atoms with van der Waals surface area (Å²) in [6.07, 6.45) is 0. The molecule has 26 heavy (non-hydrogen) atoms. The maximum absolute atomic E-state index is 12.2. The Hall–Kier alpha value is -3.14. The van der Waals surface area contributed by atoms with Crippen LogP contribution in [0.15, 0.2) is 30.3 Å². The molecular formula is C16H16N6O3S. The van der Waals surface area contributed by atoms with Crippen molar-refractivity contribution in [2.24, 2.45) is 0 Å². The van der Waals surface area contributed by atoms with Gasteiger partial charge >= 0.3 is 5.97 Å². The summed E-state index contributed by atoms with van der Waals surface area (Å²) in [5.74, 6) is -0.905. The number of aromatic carboxylic acids is 1. The highest BCUT2D eigenvalue weighted by Crippen LogP contribution is 2.23. The molecule has 134 valence electrons. The van der Waals surface area contributed by atoms with Gasteiger partial charge in [-0.1, -0.05) is 30.3 Å². The van der Waals surface area contributed by atoms with Crippen LogP contribution < -0.4 is 5.32 Å². The number of nitrogens with zero attached hydrogens (tertiary/aromatic N) is 5. The van der Waals surface area contributed by atoms with Crippen LogP contribution in [0.5, 0.6) is 0 Å². The zero-order chi connectivity index (χ0) is 18.7. The number of nitrogens with one attached hydrogen (secondary N) is 1. The molecule has 0 aliphatic heterocycles. The van der Waals surface area contributed by atoms with Crippen LogP contribution in [0.1, 0.15) is 33.3 Å². The third kappa shape index (κ3) is 3.91. The number of aryl methyl sites for hydroxylation is 1. The first-order valence-corrected chi connectivity index (χ1v) is 8.59. The van der Waals surface area contributed by atoms with Gasteiger partial charge in [-0.05, 0) is 19.1 Å². The molecule has 3 rings (SSSR count). The molecule has 2 aromatic heterocycles. The predicted octanol–water partition coefficient (Wildman–Crippen LogP) is 1.68. The molecule has 0 bridgehead atoms. The van der Waals surface area contributed by atoms with E-state index in [4.69, 9.17) is 5.11 Å². The average molecular weight is 372 g/mol. The highest BCUT2D eigenvalue weighted by molar-refractivity contribution is 7.13. The summed E-state index contributed by atoms with van der Waals surface area (Å²) in [5.41, 5.74) is 1.25. The Balaban J connectivity index is 1.63. The third-order valence-electron chi connectivity index (χ3n) is 3.53. The molecule has 0 fully saturated rings. The number of amides is 1. The summed E-state index contributed by atoms with van der Waals surface area (Å²) in [4.78, 5) is 28.9. The highest BCUT2D eigenvalue weighted by atomic mass is 32.1. The highest BCUT2D eigenvalue weighted by Gasteiger charge is 2.19. The van der Waals surface area contributed by atoms with Crippen molar-refractivity contribution in [1.82, 2.24) is 30.5 Å². The van der Waals surface area contributed by atoms with Gasteiger partial charge in [-0.2, -0.15) is 4.80 Å². The molecular weight excluding hydrogens is 356 g/mol. The summed E-state index contributed by atoms with van der Waals surface area (Å²) in [6, 6.07) is 8.91. The van der Waals surface area contributed by atoms with E-state index < -0.39 is 12.0 Å². The Kier molecular flexibility index (Phi) is 5.03. The largest absolute Gasteiger partial charge is 0.477 e. The average Bonchev–Trinajstić information content (AvgIpc) is 3.22. The van der Waals surface area contributed by atoms with Crippen LogP contribution in [0.4, 0.5) is 0 Å². The van der Waals surface area contributed by atoms with Crippen molar-refractivity contribution in [3.05, 3.63) is 45.9 Å². The zero-order valence-corrected chi connectivity index (χ0v) is 14.9. The molecule has 2 heterocycles. The second-order valence-electron chi connectivity index (χ2n) is 5.57. The third-order valence-corrected chi connectivity index (χ3v) is 4.85. The molecule has 1 amide bonds. The van der Waals surface area contributed by atoms with E-state index >= 15 is 0 Å². The van der Waals surface area contributed by atoms with Gasteiger partial charge < -0.3 is 10.4 Å². The number of carboxylic acid groups (broad SMARTS) is 1. The summed E-state index contributed by atoms with van der Waals surface area (Å²) in [5, 5.41) is 24.4. The summed E-state index contributed by atoms with van der Waals surface area (Å²) >= 11 is 1.05. The lowest BCUT2D eigenvalue weighted by Crippen LogP contribution is -2.30. The van der Waals surface area contributed by atoms with E-state index in [1.54, 1.807) is 13.8 Å². The molecule has 2 N–H and O–H groups in total. The number of tetrazole rings is 1. The summed E-state index contributed by atoms with van der Waals surface area (Å²) in [6.45, 7) is 3.27. The van der Waals surface area contributed by atoms with Gasteiger partial charge in [0.1, 0.15) is 16.4 Å². The minimum absolute atomic E-state index is 0.0969. The van der Waals surface area contributed by atoms with Gasteiger partial charge in [-0.15, -0.1) is 21.5 Å². The van der Waals surface area contributed by atoms with E-state index in [1.807, 2.05) is 30.3 Å². The number of hydrogen-bond donors (Lipinski definition) is 2. The molecule has 0 spiro atoms. The molecule has 0 aliphatic carbocycles. The molecule has 1 atom stereocenters. The van der Waals surface area contributed by atoms with E-state index in [0.717, 1.165) is 16.9 Å². The molecule has 0 aliphatic rings. The first-order chi connectivity index (χ1) is 12.4. The fourth-order valence-corrected chi connectivity index (χ4v) is 3.20. The Labute approximate surface area is 152 Å². The van der Waals surface area contributed by atoms with E-state index in [1.165, 1.54) is 4.80 Å². The topological polar surface area (TPSA) is 123 Å². The van der Waals surface area contributed by atoms with Gasteiger partial charge in [0.15, 0.2) is 0 Å². The number of carbonyl (C=O) groups excluding carboxylic acids is 1. The van der Waals surface area contributed by atoms with Gasteiger partial charge in [0.25, 0.3) is 0 Å². The molecule has 9 nitrogen and oxygen atoms in total. The van der Waals surface area contributed by atoms with Gasteiger partial charge in [0, 0.05) is 5.56 Å². The SMILES string of the molecule is Cc1nc(C(C)NC(=O)Cn2nnc(-c3ccccc3)n2)sc1C(=O)O. The number of thiazole rings is 1. The van der Waals surface area contributed by atoms with Crippen LogP contribution in [0, 0.1) is 6.92 Å². The number of hydrogen-bond acceptors (Lipinski definition) is 7. The lowest BCUT2D eigenvalue weighted by atomic mass is 10.2. The van der Waals surface area contributed by atoms with Crippen LogP contribution in [-0.4, -0.2) is 42.2 Å². The molecule has 0 saturated heterocycles. The lowest BCUT2D eigenvalue weighted by Gasteiger charge is -2.10. The number of carbonyl (C=O) groups is 2. The van der Waals surface area contributed by atoms with Crippen molar-refractivity contribution in [2.75, 3.05) is 0 Å². The minimum Gasteiger partial charge on any atom is -0.477 e. The van der Waals surface area contributed by atoms with E-state index in [9.17, 15) is 9.59 Å². The van der Waals surface area contributed by atoms with Crippen LogP contribution in [0.2, 0.25) is 0 Å². The lowest BCUT2D eigenvalue weighted by molar-refractivity contribution is -0.122. The van der Waals surface area contributed by atoms with Crippen LogP contribution in [-0.2, 0) is 11.3 Å². The van der Waals surface area contributed by atoms with Crippen LogP contribution in [0.3, 0.4) is 0 Å². The van der Waals surface area contributed by atoms with Gasteiger partial charge in [0.05, 0.1) is 11.7 Å². The Morgan fingerprint density at radius 1 is 1.31 bits per heavy atom. The summed E-state index contributed by atoms with van der Waals surface area (Å²) < 4.78 is 0. The monoisotopic (exact) mass is 372 g/mol. The number of carboxylic acids is 1. The first-order valence-electron chi connectivity index (χ1n) is 7.77. The van der Waals surface area contributed by atoms with Crippen LogP contribution in [0.25, 0.3) is 11.4 Å². The quantitative estimate of drug-likeness (QED) is 0.675. The van der Waals surface area contributed by atoms with Gasteiger partial charge in [-0.25, -0.2) is 9.78 Å². The first kappa shape index (κ1) is 17.7. The Morgan fingerprint density at radius 2 is 2.04 bits per heavy atom. The van der Waals surface area contributed by atoms with E-state index in [0.29, 0.717) is 16.5 Å². The summed E-state index contributed by atoms with van der Waals surface area (Å²) in [7, 11) is 0. The van der Waals surface area contributed by atoms with Crippen molar-refractivity contribution in [1.29, 1.82) is 0 Å². The Bertz CT molecular complexity index is 937. The molecule has 1 aromatic carbocycles. The van der Waals surface area contributed by atoms with Gasteiger partial charge in [0.2, 0.25) is 11.7 Å². The molecule has 10 heteroatoms. The second-order valence-corrected chi connectivity index (χ2v) is 6.60. The smallest absolute Gasteiger partial charge is 0.347 e. The van der Waals surface area contributed by atoms with Gasteiger partial charge in [-0.3, -0.25) is 4.79 Å². The van der Waals surface area contributed by atoms with Crippen molar-refractivity contribution >= 4 is 23.2 Å². The maximum atomic E-state index is 12.2. The van der Waals surface area contributed by atoms with Crippen molar-refractivity contribution in [3.63, 3.8) is 0 Å². The molecule has 1 unspecified atom stereocenters. The molecule has 0 saturated carbocycles. The van der Waals surface area contributed by atoms with Crippen LogP contribution >= 0.6 is 11.3 Å². The molecule has 0 radical (unpaired) electrons. The normalized spacial score (nSPS) is 11.9. The number of aromatic nitrogens is 5. The number of benzene rings is 1. The fraction of sp³-hybridized carbons (Fsp3) is 0.250. The van der Waals surface area contributed by atoms with E-state index in [2.05, 4.69) is 25.7 Å². The fourth-order valence-electron chi connectivity index (χ4n) is 2.29. The second kappa shape index (κ2) is 7.40. The minimum atomic E-state index is -1.02. The molecule has 3 aromatic rings. The predicted molar refractivity (Wildman–Crippen MR) is 93.6 cm³/mol. The Morgan fingerprint density at radius 3 is 2.69 bits per heavy atom. The van der Waals surface area contributed by atoms with Crippen molar-refractivity contribution in [3.8, 4) is 11.4 Å². The van der Waals surface area contributed by atoms with Crippen molar-refractivity contribution in [2.45, 2.75) is 26.4 Å². The zero-order valence-electron chi connectivity index (χ0n) is 14.1. The standard InChI is InChI=1S/C16H16N6O3S/c1-9-13(16(24)25)26-15(18-9)10(2)17-12(23)8-22-20-14(19-21-22)11-6-4-3-5-7-11/h3-7,10H,8H2,1-2H3,(H,17,23)(H,24,25). The van der Waals surface area contributed by atoms with Crippen molar-refractivity contribution < 1.29 is 14.7 Å². The maximum Gasteiger partial charge on any atom is 0.347 e. The van der Waals surface area contributed by atoms with E-state index in [-0.39, 0.29) is 17.3 Å². The number of rotatable bonds is 6.